The van der Waals surface area contributed by atoms with E-state index in [-0.39, 0.29) is 30.8 Å². The standard InChI is InChI=1S/C19H21NO4/c1-12-3-4-13(2)15(11-12)16-8-9-18(22)17(20-16)7-5-14(21)6-10-19(23)24/h3-4,8-9,11,22H,5-7,10H2,1-2H3,(H,23,24). The van der Waals surface area contributed by atoms with Gasteiger partial charge in [0.05, 0.1) is 17.8 Å². The Morgan fingerprint density at radius 1 is 1.04 bits per heavy atom. The Kier molecular flexibility index (Phi) is 5.68. The van der Waals surface area contributed by atoms with E-state index in [9.17, 15) is 14.7 Å². The molecule has 0 fully saturated rings. The molecule has 24 heavy (non-hydrogen) atoms. The van der Waals surface area contributed by atoms with Crippen molar-refractivity contribution in [3.05, 3.63) is 47.2 Å². The van der Waals surface area contributed by atoms with Crippen LogP contribution in [0.15, 0.2) is 30.3 Å². The lowest BCUT2D eigenvalue weighted by molar-refractivity contribution is -0.138. The van der Waals surface area contributed by atoms with Crippen LogP contribution in [0, 0.1) is 13.8 Å². The minimum atomic E-state index is -0.985. The molecule has 0 aliphatic carbocycles. The summed E-state index contributed by atoms with van der Waals surface area (Å²) in [5.74, 6) is -1.08. The number of rotatable bonds is 7. The van der Waals surface area contributed by atoms with E-state index in [0.29, 0.717) is 12.1 Å². The number of nitrogens with zero attached hydrogens (tertiary/aromatic N) is 1. The van der Waals surface area contributed by atoms with Gasteiger partial charge in [-0.1, -0.05) is 17.7 Å². The van der Waals surface area contributed by atoms with Crippen molar-refractivity contribution in [3.8, 4) is 17.0 Å². The van der Waals surface area contributed by atoms with Crippen LogP contribution in [0.4, 0.5) is 0 Å². The third-order valence-electron chi connectivity index (χ3n) is 3.88. The zero-order valence-electron chi connectivity index (χ0n) is 13.9. The average molecular weight is 327 g/mol. The molecule has 1 heterocycles. The second-order valence-corrected chi connectivity index (χ2v) is 5.91. The summed E-state index contributed by atoms with van der Waals surface area (Å²) in [6.45, 7) is 4.00. The van der Waals surface area contributed by atoms with E-state index in [0.717, 1.165) is 22.4 Å². The summed E-state index contributed by atoms with van der Waals surface area (Å²) in [6, 6.07) is 9.43. The van der Waals surface area contributed by atoms with Crippen molar-refractivity contribution in [2.24, 2.45) is 0 Å². The number of carbonyl (C=O) groups is 2. The van der Waals surface area contributed by atoms with Gasteiger partial charge in [-0.05, 0) is 37.6 Å². The van der Waals surface area contributed by atoms with E-state index >= 15 is 0 Å². The fourth-order valence-electron chi connectivity index (χ4n) is 2.47. The molecule has 5 heteroatoms. The zero-order chi connectivity index (χ0) is 17.7. The van der Waals surface area contributed by atoms with Gasteiger partial charge >= 0.3 is 5.97 Å². The van der Waals surface area contributed by atoms with E-state index < -0.39 is 5.97 Å². The van der Waals surface area contributed by atoms with Crippen LogP contribution >= 0.6 is 0 Å². The van der Waals surface area contributed by atoms with Gasteiger partial charge < -0.3 is 10.2 Å². The summed E-state index contributed by atoms with van der Waals surface area (Å²) in [6.07, 6.45) is 0.306. The average Bonchev–Trinajstić information content (AvgIpc) is 2.54. The van der Waals surface area contributed by atoms with E-state index in [4.69, 9.17) is 5.11 Å². The first-order chi connectivity index (χ1) is 11.4. The van der Waals surface area contributed by atoms with Gasteiger partial charge in [-0.2, -0.15) is 0 Å². The second kappa shape index (κ2) is 7.73. The SMILES string of the molecule is Cc1ccc(C)c(-c2ccc(O)c(CCC(=O)CCC(=O)O)n2)c1. The molecule has 0 aliphatic rings. The Morgan fingerprint density at radius 3 is 2.50 bits per heavy atom. The predicted octanol–water partition coefficient (Wildman–Crippen LogP) is 3.44. The molecule has 1 aromatic carbocycles. The van der Waals surface area contributed by atoms with Crippen molar-refractivity contribution >= 4 is 11.8 Å². The molecule has 0 aliphatic heterocycles. The maximum atomic E-state index is 11.7. The summed E-state index contributed by atoms with van der Waals surface area (Å²) in [5.41, 5.74) is 4.41. The van der Waals surface area contributed by atoms with Gasteiger partial charge in [0.25, 0.3) is 0 Å². The van der Waals surface area contributed by atoms with Crippen LogP contribution in [0.25, 0.3) is 11.3 Å². The quantitative estimate of drug-likeness (QED) is 0.813. The number of carboxylic acids is 1. The number of pyridine rings is 1. The summed E-state index contributed by atoms with van der Waals surface area (Å²) in [5, 5.41) is 18.6. The number of hydrogen-bond acceptors (Lipinski definition) is 4. The van der Waals surface area contributed by atoms with E-state index in [1.54, 1.807) is 12.1 Å². The lowest BCUT2D eigenvalue weighted by atomic mass is 10.0. The maximum Gasteiger partial charge on any atom is 0.303 e. The van der Waals surface area contributed by atoms with Gasteiger partial charge in [-0.15, -0.1) is 0 Å². The van der Waals surface area contributed by atoms with Crippen LogP contribution in [0.2, 0.25) is 0 Å². The molecule has 2 N–H and O–H groups in total. The topological polar surface area (TPSA) is 87.5 Å². The van der Waals surface area contributed by atoms with Gasteiger partial charge in [0.1, 0.15) is 11.5 Å². The highest BCUT2D eigenvalue weighted by Crippen LogP contribution is 2.26. The van der Waals surface area contributed by atoms with Crippen molar-refractivity contribution in [2.75, 3.05) is 0 Å². The third-order valence-corrected chi connectivity index (χ3v) is 3.88. The second-order valence-electron chi connectivity index (χ2n) is 5.91. The molecule has 126 valence electrons. The third kappa shape index (κ3) is 4.65. The molecule has 5 nitrogen and oxygen atoms in total. The van der Waals surface area contributed by atoms with Gasteiger partial charge in [-0.25, -0.2) is 4.98 Å². The first kappa shape index (κ1) is 17.7. The molecule has 0 bridgehead atoms. The lowest BCUT2D eigenvalue weighted by Crippen LogP contribution is -2.05. The fraction of sp³-hybridized carbons (Fsp3) is 0.316. The summed E-state index contributed by atoms with van der Waals surface area (Å²) < 4.78 is 0. The maximum absolute atomic E-state index is 11.7. The molecular weight excluding hydrogens is 306 g/mol. The number of hydrogen-bond donors (Lipinski definition) is 2. The molecule has 2 rings (SSSR count). The lowest BCUT2D eigenvalue weighted by Gasteiger charge is -2.10. The van der Waals surface area contributed by atoms with Crippen LogP contribution in [0.3, 0.4) is 0 Å². The van der Waals surface area contributed by atoms with E-state index in [1.807, 2.05) is 32.0 Å². The Bertz CT molecular complexity index is 768. The number of aliphatic carboxylic acids is 1. The predicted molar refractivity (Wildman–Crippen MR) is 91.0 cm³/mol. The molecular formula is C19H21NO4. The first-order valence-electron chi connectivity index (χ1n) is 7.87. The number of ketones is 1. The monoisotopic (exact) mass is 327 g/mol. The minimum Gasteiger partial charge on any atom is -0.506 e. The Labute approximate surface area is 141 Å². The van der Waals surface area contributed by atoms with Crippen LogP contribution in [0.5, 0.6) is 5.75 Å². The molecule has 0 saturated carbocycles. The van der Waals surface area contributed by atoms with Crippen LogP contribution in [-0.4, -0.2) is 26.9 Å². The van der Waals surface area contributed by atoms with Gasteiger partial charge in [-0.3, -0.25) is 9.59 Å². The van der Waals surface area contributed by atoms with Crippen LogP contribution < -0.4 is 0 Å². The summed E-state index contributed by atoms with van der Waals surface area (Å²) >= 11 is 0. The largest absolute Gasteiger partial charge is 0.506 e. The Balaban J connectivity index is 2.15. The molecule has 0 amide bonds. The number of aromatic nitrogens is 1. The molecule has 0 saturated heterocycles. The molecule has 1 aromatic heterocycles. The Morgan fingerprint density at radius 2 is 1.79 bits per heavy atom. The Hall–Kier alpha value is -2.69. The van der Waals surface area contributed by atoms with Gasteiger partial charge in [0.2, 0.25) is 0 Å². The van der Waals surface area contributed by atoms with Crippen molar-refractivity contribution in [1.29, 1.82) is 0 Å². The molecule has 2 aromatic rings. The van der Waals surface area contributed by atoms with E-state index in [1.165, 1.54) is 0 Å². The first-order valence-corrected chi connectivity index (χ1v) is 7.87. The van der Waals surface area contributed by atoms with Crippen LogP contribution in [0.1, 0.15) is 36.1 Å². The van der Waals surface area contributed by atoms with Crippen molar-refractivity contribution in [3.63, 3.8) is 0 Å². The van der Waals surface area contributed by atoms with Crippen molar-refractivity contribution < 1.29 is 19.8 Å². The zero-order valence-corrected chi connectivity index (χ0v) is 13.9. The highest BCUT2D eigenvalue weighted by atomic mass is 16.4. The van der Waals surface area contributed by atoms with E-state index in [2.05, 4.69) is 4.98 Å². The summed E-state index contributed by atoms with van der Waals surface area (Å²) in [4.78, 5) is 26.7. The molecule has 0 atom stereocenters. The molecule has 0 spiro atoms. The summed E-state index contributed by atoms with van der Waals surface area (Å²) in [7, 11) is 0. The number of aryl methyl sites for hydroxylation is 3. The van der Waals surface area contributed by atoms with Gasteiger partial charge in [0, 0.05) is 24.8 Å². The van der Waals surface area contributed by atoms with Crippen molar-refractivity contribution in [2.45, 2.75) is 39.5 Å². The highest BCUT2D eigenvalue weighted by Gasteiger charge is 2.12. The minimum absolute atomic E-state index is 0.00672. The molecule has 0 unspecified atom stereocenters. The number of carboxylic acid groups (broad SMARTS) is 1. The number of aromatic hydroxyl groups is 1. The normalized spacial score (nSPS) is 10.6. The van der Waals surface area contributed by atoms with Gasteiger partial charge in [0.15, 0.2) is 0 Å². The van der Waals surface area contributed by atoms with Crippen LogP contribution in [-0.2, 0) is 16.0 Å². The fourth-order valence-corrected chi connectivity index (χ4v) is 2.47. The number of benzene rings is 1. The smallest absolute Gasteiger partial charge is 0.303 e. The van der Waals surface area contributed by atoms with Crippen molar-refractivity contribution in [1.82, 2.24) is 4.98 Å². The molecule has 0 radical (unpaired) electrons. The number of carbonyl (C=O) groups excluding carboxylic acids is 1. The highest BCUT2D eigenvalue weighted by molar-refractivity contribution is 5.82. The number of Topliss-reactive ketones (excluding diaryl/α,β-unsaturated/α-hetero) is 1.